The molecule has 1 aromatic heterocycles. The van der Waals surface area contributed by atoms with Gasteiger partial charge in [0.15, 0.2) is 0 Å². The molecule has 0 atom stereocenters. The lowest BCUT2D eigenvalue weighted by molar-refractivity contribution is 0.0713. The molecule has 0 spiro atoms. The summed E-state index contributed by atoms with van der Waals surface area (Å²) in [7, 11) is 0. The van der Waals surface area contributed by atoms with Crippen LogP contribution in [0.5, 0.6) is 0 Å². The number of benzene rings is 1. The molecule has 0 bridgehead atoms. The van der Waals surface area contributed by atoms with Crippen molar-refractivity contribution in [2.24, 2.45) is 0 Å². The van der Waals surface area contributed by atoms with Crippen molar-refractivity contribution < 1.29 is 9.90 Å². The van der Waals surface area contributed by atoms with Crippen LogP contribution in [0.3, 0.4) is 0 Å². The maximum Gasteiger partial charge on any atom is 0.317 e. The molecule has 2 aromatic rings. The molecule has 2 amide bonds. The summed E-state index contributed by atoms with van der Waals surface area (Å²) in [5.74, 6) is 1.40. The zero-order chi connectivity index (χ0) is 17.2. The molecule has 2 heterocycles. The van der Waals surface area contributed by atoms with Gasteiger partial charge in [-0.25, -0.2) is 9.78 Å². The molecule has 1 aromatic carbocycles. The van der Waals surface area contributed by atoms with E-state index in [-0.39, 0.29) is 6.03 Å². The number of likely N-dealkylation sites (tertiary alicyclic amines) is 1. The van der Waals surface area contributed by atoms with Gasteiger partial charge >= 0.3 is 6.03 Å². The van der Waals surface area contributed by atoms with Gasteiger partial charge in [0.25, 0.3) is 0 Å². The summed E-state index contributed by atoms with van der Waals surface area (Å²) in [6.07, 6.45) is 2.38. The third-order valence-electron chi connectivity index (χ3n) is 4.59. The van der Waals surface area contributed by atoms with Gasteiger partial charge in [-0.15, -0.1) is 0 Å². The third-order valence-corrected chi connectivity index (χ3v) is 4.59. The molecule has 130 valence electrons. The van der Waals surface area contributed by atoms with Gasteiger partial charge in [0.1, 0.15) is 5.82 Å². The van der Waals surface area contributed by atoms with Crippen molar-refractivity contribution in [3.63, 3.8) is 0 Å². The largest absolute Gasteiger partial charge is 0.390 e. The average molecular weight is 330 g/mol. The van der Waals surface area contributed by atoms with Crippen LogP contribution in [0.4, 0.5) is 4.79 Å². The highest BCUT2D eigenvalue weighted by Gasteiger charge is 2.25. The SMILES string of the molecule is CC(C)(O)CCNC(=O)N1CCC(c2nc3ccccc3[nH]2)CC1. The highest BCUT2D eigenvalue weighted by atomic mass is 16.3. The van der Waals surface area contributed by atoms with Crippen molar-refractivity contribution in [2.75, 3.05) is 19.6 Å². The number of aromatic amines is 1. The Morgan fingerprint density at radius 2 is 2.08 bits per heavy atom. The molecule has 6 nitrogen and oxygen atoms in total. The van der Waals surface area contributed by atoms with Crippen LogP contribution in [0.25, 0.3) is 11.0 Å². The zero-order valence-corrected chi connectivity index (χ0v) is 14.4. The van der Waals surface area contributed by atoms with Crippen LogP contribution in [0.1, 0.15) is 44.9 Å². The second-order valence-corrected chi connectivity index (χ2v) is 7.19. The van der Waals surface area contributed by atoms with Crippen molar-refractivity contribution in [3.05, 3.63) is 30.1 Å². The maximum absolute atomic E-state index is 12.2. The Hall–Kier alpha value is -2.08. The second-order valence-electron chi connectivity index (χ2n) is 7.19. The van der Waals surface area contributed by atoms with E-state index in [9.17, 15) is 9.90 Å². The average Bonchev–Trinajstić information content (AvgIpc) is 2.98. The zero-order valence-electron chi connectivity index (χ0n) is 14.4. The molecule has 0 unspecified atom stereocenters. The Morgan fingerprint density at radius 3 is 2.75 bits per heavy atom. The Bertz CT molecular complexity index is 663. The molecule has 0 aliphatic carbocycles. The van der Waals surface area contributed by atoms with E-state index in [1.165, 1.54) is 0 Å². The van der Waals surface area contributed by atoms with Gasteiger partial charge < -0.3 is 20.3 Å². The van der Waals surface area contributed by atoms with Crippen LogP contribution in [-0.4, -0.2) is 51.2 Å². The summed E-state index contributed by atoms with van der Waals surface area (Å²) in [5, 5.41) is 12.6. The van der Waals surface area contributed by atoms with Gasteiger partial charge in [0.05, 0.1) is 16.6 Å². The number of hydrogen-bond acceptors (Lipinski definition) is 3. The quantitative estimate of drug-likeness (QED) is 0.806. The molecule has 3 N–H and O–H groups in total. The highest BCUT2D eigenvalue weighted by molar-refractivity contribution is 5.75. The van der Waals surface area contributed by atoms with Crippen LogP contribution < -0.4 is 5.32 Å². The smallest absolute Gasteiger partial charge is 0.317 e. The van der Waals surface area contributed by atoms with Crippen molar-refractivity contribution in [2.45, 2.75) is 44.6 Å². The van der Waals surface area contributed by atoms with Crippen LogP contribution in [0, 0.1) is 0 Å². The molecule has 24 heavy (non-hydrogen) atoms. The van der Waals surface area contributed by atoms with Crippen molar-refractivity contribution in [1.82, 2.24) is 20.2 Å². The van der Waals surface area contributed by atoms with Crippen molar-refractivity contribution in [3.8, 4) is 0 Å². The fourth-order valence-electron chi connectivity index (χ4n) is 3.11. The molecule has 0 saturated carbocycles. The monoisotopic (exact) mass is 330 g/mol. The number of carbonyl (C=O) groups is 1. The Kier molecular flexibility index (Phi) is 4.76. The molecule has 3 rings (SSSR count). The first kappa shape index (κ1) is 16.8. The number of rotatable bonds is 4. The number of piperidine rings is 1. The molecule has 1 aliphatic rings. The first-order valence-electron chi connectivity index (χ1n) is 8.62. The minimum absolute atomic E-state index is 0.0395. The number of hydrogen-bond donors (Lipinski definition) is 3. The number of nitrogens with one attached hydrogen (secondary N) is 2. The number of H-pyrrole nitrogens is 1. The third kappa shape index (κ3) is 4.06. The van der Waals surface area contributed by atoms with Crippen LogP contribution in [-0.2, 0) is 0 Å². The molecular formula is C18H26N4O2. The van der Waals surface area contributed by atoms with Crippen LogP contribution in [0.15, 0.2) is 24.3 Å². The lowest BCUT2D eigenvalue weighted by atomic mass is 9.96. The van der Waals surface area contributed by atoms with E-state index in [4.69, 9.17) is 0 Å². The summed E-state index contributed by atoms with van der Waals surface area (Å²) < 4.78 is 0. The topological polar surface area (TPSA) is 81.2 Å². The minimum atomic E-state index is -0.748. The van der Waals surface area contributed by atoms with E-state index >= 15 is 0 Å². The lowest BCUT2D eigenvalue weighted by Crippen LogP contribution is -2.45. The summed E-state index contributed by atoms with van der Waals surface area (Å²) in [6.45, 7) is 5.45. The van der Waals surface area contributed by atoms with Gasteiger partial charge in [-0.3, -0.25) is 0 Å². The first-order chi connectivity index (χ1) is 11.4. The van der Waals surface area contributed by atoms with E-state index < -0.39 is 5.60 Å². The fourth-order valence-corrected chi connectivity index (χ4v) is 3.11. The Morgan fingerprint density at radius 1 is 1.38 bits per heavy atom. The van der Waals surface area contributed by atoms with E-state index in [1.54, 1.807) is 13.8 Å². The molecular weight excluding hydrogens is 304 g/mol. The predicted molar refractivity (Wildman–Crippen MR) is 94.0 cm³/mol. The van der Waals surface area contributed by atoms with Gasteiger partial charge in [-0.2, -0.15) is 0 Å². The summed E-state index contributed by atoms with van der Waals surface area (Å²) in [6, 6.07) is 8.01. The standard InChI is InChI=1S/C18H26N4O2/c1-18(2,24)9-10-19-17(23)22-11-7-13(8-12-22)16-20-14-5-3-4-6-15(14)21-16/h3-6,13,24H,7-12H2,1-2H3,(H,19,23)(H,20,21). The van der Waals surface area contributed by atoms with Crippen LogP contribution >= 0.6 is 0 Å². The van der Waals surface area contributed by atoms with Crippen LogP contribution in [0.2, 0.25) is 0 Å². The van der Waals surface area contributed by atoms with Gasteiger partial charge in [-0.1, -0.05) is 12.1 Å². The number of nitrogens with zero attached hydrogens (tertiary/aromatic N) is 2. The second kappa shape index (κ2) is 6.81. The number of amides is 2. The number of para-hydroxylation sites is 2. The van der Waals surface area contributed by atoms with E-state index in [2.05, 4.69) is 15.3 Å². The number of aliphatic hydroxyl groups is 1. The number of urea groups is 1. The molecule has 1 saturated heterocycles. The normalized spacial score (nSPS) is 16.5. The molecule has 6 heteroatoms. The first-order valence-corrected chi connectivity index (χ1v) is 8.62. The number of fused-ring (bicyclic) bond motifs is 1. The minimum Gasteiger partial charge on any atom is -0.390 e. The number of aromatic nitrogens is 2. The Labute approximate surface area is 142 Å². The van der Waals surface area contributed by atoms with Gasteiger partial charge in [0, 0.05) is 25.6 Å². The van der Waals surface area contributed by atoms with Crippen molar-refractivity contribution in [1.29, 1.82) is 0 Å². The Balaban J connectivity index is 1.51. The van der Waals surface area contributed by atoms with E-state index in [1.807, 2.05) is 29.2 Å². The molecule has 0 radical (unpaired) electrons. The van der Waals surface area contributed by atoms with E-state index in [0.29, 0.717) is 18.9 Å². The maximum atomic E-state index is 12.2. The van der Waals surface area contributed by atoms with Gasteiger partial charge in [0.2, 0.25) is 0 Å². The number of carbonyl (C=O) groups excluding carboxylic acids is 1. The molecule has 1 aliphatic heterocycles. The summed E-state index contributed by atoms with van der Waals surface area (Å²) in [4.78, 5) is 22.1. The lowest BCUT2D eigenvalue weighted by Gasteiger charge is -2.31. The summed E-state index contributed by atoms with van der Waals surface area (Å²) in [5.41, 5.74) is 1.32. The predicted octanol–water partition coefficient (Wildman–Crippen LogP) is 2.61. The summed E-state index contributed by atoms with van der Waals surface area (Å²) >= 11 is 0. The van der Waals surface area contributed by atoms with E-state index in [0.717, 1.165) is 42.8 Å². The van der Waals surface area contributed by atoms with Crippen molar-refractivity contribution >= 4 is 17.1 Å². The number of imidazole rings is 1. The van der Waals surface area contributed by atoms with Gasteiger partial charge in [-0.05, 0) is 45.2 Å². The highest BCUT2D eigenvalue weighted by Crippen LogP contribution is 2.27. The fraction of sp³-hybridized carbons (Fsp3) is 0.556. The molecule has 1 fully saturated rings.